The predicted molar refractivity (Wildman–Crippen MR) is 378 cm³/mol. The maximum absolute atomic E-state index is 17.2. The summed E-state index contributed by atoms with van der Waals surface area (Å²) in [6, 6.07) is 40.9. The molecule has 97 heavy (non-hydrogen) atoms. The minimum absolute atomic E-state index is 0.265. The fraction of sp³-hybridized carbons (Fsp3) is 0.0411. The number of halogens is 10. The van der Waals surface area contributed by atoms with Crippen LogP contribution in [0.5, 0.6) is 23.0 Å². The first-order valence-electron chi connectivity index (χ1n) is 30.4. The highest BCUT2D eigenvalue weighted by molar-refractivity contribution is 7.99. The molecule has 0 radical (unpaired) electrons. The van der Waals surface area contributed by atoms with Crippen molar-refractivity contribution >= 4 is 214 Å². The van der Waals surface area contributed by atoms with Gasteiger partial charge in [-0.3, -0.25) is 0 Å². The van der Waals surface area contributed by atoms with Gasteiger partial charge in [0.2, 0.25) is 0 Å². The van der Waals surface area contributed by atoms with Crippen LogP contribution in [0.4, 0.5) is 112 Å². The van der Waals surface area contributed by atoms with E-state index in [1.807, 2.05) is 43.0 Å². The third-order valence-corrected chi connectivity index (χ3v) is 23.8. The maximum atomic E-state index is 17.2. The van der Waals surface area contributed by atoms with Crippen LogP contribution < -0.4 is 76.9 Å². The highest BCUT2D eigenvalue weighted by Gasteiger charge is 2.53. The van der Waals surface area contributed by atoms with Crippen molar-refractivity contribution in [3.63, 3.8) is 0 Å². The molecule has 0 unspecified atom stereocenters. The molecule has 6 nitrogen and oxygen atoms in total. The number of nitrogens with zero attached hydrogens (tertiary/aromatic N) is 4. The second kappa shape index (κ2) is 21.3. The largest absolute Gasteiger partial charge is 0.458 e. The third kappa shape index (κ3) is 8.24. The highest BCUT2D eigenvalue weighted by Crippen LogP contribution is 2.55. The lowest BCUT2D eigenvalue weighted by atomic mass is 9.31. The van der Waals surface area contributed by atoms with Gasteiger partial charge in [-0.15, -0.1) is 58.0 Å². The minimum Gasteiger partial charge on any atom is -0.458 e. The lowest BCUT2D eigenvalue weighted by Crippen LogP contribution is -2.65. The van der Waals surface area contributed by atoms with Gasteiger partial charge in [-0.05, 0) is 173 Å². The van der Waals surface area contributed by atoms with Gasteiger partial charge in [0, 0.05) is 96.1 Å². The summed E-state index contributed by atoms with van der Waals surface area (Å²) in [6.45, 7) is -2.63. The Bertz CT molecular complexity index is 5340. The van der Waals surface area contributed by atoms with Crippen molar-refractivity contribution < 1.29 is 53.4 Å². The molecular weight excluding hydrogens is 1350 g/mol. The van der Waals surface area contributed by atoms with Gasteiger partial charge >= 0.3 is 0 Å². The van der Waals surface area contributed by atoms with Crippen LogP contribution >= 0.6 is 58.0 Å². The quantitative estimate of drug-likeness (QED) is 0.0880. The van der Waals surface area contributed by atoms with E-state index in [1.54, 1.807) is 48.5 Å². The van der Waals surface area contributed by atoms with E-state index in [2.05, 4.69) is 0 Å². The monoisotopic (exact) mass is 1380 g/mol. The SMILES string of the molecule is CSc1cc2c3c(c1)Oc1cc4c(cc1B3c1cc3c(cc1O2)N(c1c(F)cccc1F)c1cc(SC)cc2c1B3c1sc3ccc(F)cc3c1N2c1c(F)cccc1F)B1c2sc3ccc(F)cc3c2N(c2c(F)cccc2F)c2cc(SC)cc(c21)N4c1c(F)cccc1F. The number of benzene rings is 11. The van der Waals surface area contributed by atoms with Gasteiger partial charge in [-0.25, -0.2) is 43.9 Å². The van der Waals surface area contributed by atoms with Crippen LogP contribution in [0.1, 0.15) is 0 Å². The average Bonchev–Trinajstić information content (AvgIpc) is 1.68. The van der Waals surface area contributed by atoms with Crippen LogP contribution in [0.3, 0.4) is 0 Å². The molecule has 0 saturated heterocycles. The van der Waals surface area contributed by atoms with E-state index in [0.29, 0.717) is 101 Å². The van der Waals surface area contributed by atoms with Gasteiger partial charge in [0.05, 0.1) is 11.4 Å². The van der Waals surface area contributed by atoms with Crippen molar-refractivity contribution in [1.82, 2.24) is 0 Å². The highest BCUT2D eigenvalue weighted by atomic mass is 32.2. The molecule has 13 aromatic rings. The molecule has 11 aromatic carbocycles. The Kier molecular flexibility index (Phi) is 13.0. The zero-order valence-electron chi connectivity index (χ0n) is 50.3. The lowest BCUT2D eigenvalue weighted by Gasteiger charge is -2.45. The molecule has 0 N–H and O–H groups in total. The summed E-state index contributed by atoms with van der Waals surface area (Å²) in [4.78, 5) is 7.74. The number of anilines is 12. The first-order valence-corrected chi connectivity index (χ1v) is 35.7. The van der Waals surface area contributed by atoms with Gasteiger partial charge in [0.15, 0.2) is 0 Å². The normalized spacial score (nSPS) is 14.0. The van der Waals surface area contributed by atoms with E-state index in [9.17, 15) is 0 Å². The van der Waals surface area contributed by atoms with E-state index < -0.39 is 101 Å². The Balaban J connectivity index is 0.921. The van der Waals surface area contributed by atoms with Gasteiger partial charge in [0.25, 0.3) is 20.1 Å². The second-order valence-electron chi connectivity index (χ2n) is 24.1. The number of fused-ring (bicyclic) bond motifs is 16. The third-order valence-electron chi connectivity index (χ3n) is 19.2. The van der Waals surface area contributed by atoms with Crippen LogP contribution in [0.25, 0.3) is 20.2 Å². The standard InChI is InChI=1S/C73H37B3F10N4O2S5/c1-93-34-22-53-63-55(24-34)89(70-47(83)12-6-13-48(70)84)66-37-20-32(77)16-18-61(37)96-72(66)75(63)39-28-41-57(30-51(39)87(53)68-43(79)8-4-9-44(68)80)91-59-26-36(95-3)27-60-65(59)74(41)42-29-40-52(31-58(42)92-60)88(69-45(81)10-5-11-46(69)82)54-23-35(94-2)25-56-64(54)76(40)73-67(38-21-33(78)17-19-62(38)97-73)90(56)71-49(85)14-7-15-50(71)86/h4-31H,1-3H3. The van der Waals surface area contributed by atoms with Crippen molar-refractivity contribution in [2.24, 2.45) is 0 Å². The van der Waals surface area contributed by atoms with E-state index >= 15 is 43.9 Å². The van der Waals surface area contributed by atoms with Crippen LogP contribution in [-0.4, -0.2) is 38.9 Å². The fourth-order valence-corrected chi connectivity index (χ4v) is 19.4. The zero-order chi connectivity index (χ0) is 66.0. The molecule has 0 aliphatic carbocycles. The maximum Gasteiger partial charge on any atom is 0.264 e. The zero-order valence-corrected chi connectivity index (χ0v) is 54.4. The number of thioether (sulfide) groups is 3. The Morgan fingerprint density at radius 1 is 0.309 bits per heavy atom. The van der Waals surface area contributed by atoms with Crippen LogP contribution in [0.2, 0.25) is 0 Å². The summed E-state index contributed by atoms with van der Waals surface area (Å²) in [5, 5.41) is 0.716. The smallest absolute Gasteiger partial charge is 0.264 e. The molecule has 470 valence electrons. The van der Waals surface area contributed by atoms with E-state index in [0.717, 1.165) is 53.4 Å². The minimum atomic E-state index is -0.921. The van der Waals surface area contributed by atoms with Crippen LogP contribution in [0, 0.1) is 58.2 Å². The molecule has 2 aromatic heterocycles. The Hall–Kier alpha value is -9.32. The Labute approximate surface area is 567 Å². The summed E-state index contributed by atoms with van der Waals surface area (Å²) in [5.41, 5.74) is 3.94. The molecule has 24 heteroatoms. The summed E-state index contributed by atoms with van der Waals surface area (Å²) in [7, 11) is 0. The first kappa shape index (κ1) is 59.0. The summed E-state index contributed by atoms with van der Waals surface area (Å²) in [6.07, 6.45) is 5.51. The fourth-order valence-electron chi connectivity index (χ4n) is 15.4. The molecule has 0 spiro atoms. The average molecular weight is 1380 g/mol. The molecule has 19 rings (SSSR count). The Morgan fingerprint density at radius 2 is 0.639 bits per heavy atom. The lowest BCUT2D eigenvalue weighted by molar-refractivity contribution is 0.462. The van der Waals surface area contributed by atoms with Gasteiger partial charge in [-0.2, -0.15) is 0 Å². The molecule has 6 aliphatic heterocycles. The van der Waals surface area contributed by atoms with Crippen molar-refractivity contribution in [3.05, 3.63) is 228 Å². The summed E-state index contributed by atoms with van der Waals surface area (Å²) in [5.74, 6) is -7.27. The number of hydrogen-bond donors (Lipinski definition) is 0. The number of rotatable bonds is 7. The van der Waals surface area contributed by atoms with Crippen molar-refractivity contribution in [3.8, 4) is 23.0 Å². The van der Waals surface area contributed by atoms with Gasteiger partial charge in [0.1, 0.15) is 104 Å². The number of thiophene rings is 2. The van der Waals surface area contributed by atoms with Crippen molar-refractivity contribution in [2.75, 3.05) is 38.4 Å². The predicted octanol–water partition coefficient (Wildman–Crippen LogP) is 16.6. The molecular formula is C73H37B3F10N4O2S5. The molecule has 0 saturated carbocycles. The van der Waals surface area contributed by atoms with Crippen LogP contribution in [0.15, 0.2) is 185 Å². The van der Waals surface area contributed by atoms with Crippen molar-refractivity contribution in [1.29, 1.82) is 0 Å². The first-order chi connectivity index (χ1) is 47.1. The number of hydrogen-bond acceptors (Lipinski definition) is 11. The van der Waals surface area contributed by atoms with E-state index in [4.69, 9.17) is 9.47 Å². The molecule has 0 atom stereocenters. The Morgan fingerprint density at radius 3 is 0.990 bits per heavy atom. The second-order valence-corrected chi connectivity index (χ2v) is 28.9. The summed E-state index contributed by atoms with van der Waals surface area (Å²) < 4.78 is 185. The van der Waals surface area contributed by atoms with Crippen molar-refractivity contribution in [2.45, 2.75) is 14.7 Å². The molecule has 0 bridgehead atoms. The molecule has 0 amide bonds. The van der Waals surface area contributed by atoms with Gasteiger partial charge < -0.3 is 29.1 Å². The molecule has 8 heterocycles. The number of para-hydroxylation sites is 4. The summed E-state index contributed by atoms with van der Waals surface area (Å²) >= 11 is 6.60. The topological polar surface area (TPSA) is 31.4 Å². The molecule has 6 aliphatic rings. The molecule has 0 fully saturated rings. The van der Waals surface area contributed by atoms with E-state index in [1.165, 1.54) is 126 Å². The number of ether oxygens (including phenoxy) is 2. The van der Waals surface area contributed by atoms with E-state index in [-0.39, 0.29) is 45.6 Å². The van der Waals surface area contributed by atoms with Gasteiger partial charge in [-0.1, -0.05) is 36.4 Å². The van der Waals surface area contributed by atoms with Crippen LogP contribution in [-0.2, 0) is 0 Å².